The number of aliphatic hydroxyl groups is 2. The number of likely N-dealkylation sites (N-methyl/N-ethyl adjacent to an activating group) is 1. The maximum atomic E-state index is 12.8. The molecular formula is C25H28N4O4. The topological polar surface area (TPSA) is 108 Å². The number of hydrogen-bond acceptors (Lipinski definition) is 5. The molecule has 33 heavy (non-hydrogen) atoms. The third-order valence-corrected chi connectivity index (χ3v) is 6.27. The molecule has 0 bridgehead atoms. The van der Waals surface area contributed by atoms with Crippen LogP contribution in [0.4, 0.5) is 0 Å². The molecule has 0 saturated carbocycles. The molecule has 2 amide bonds. The summed E-state index contributed by atoms with van der Waals surface area (Å²) in [7, 11) is 1.59. The zero-order valence-corrected chi connectivity index (χ0v) is 18.6. The lowest BCUT2D eigenvalue weighted by Gasteiger charge is -2.28. The first-order valence-corrected chi connectivity index (χ1v) is 10.9. The Morgan fingerprint density at radius 3 is 2.24 bits per heavy atom. The van der Waals surface area contributed by atoms with Crippen molar-refractivity contribution in [2.24, 2.45) is 0 Å². The van der Waals surface area contributed by atoms with Crippen LogP contribution >= 0.6 is 0 Å². The number of benzene rings is 2. The van der Waals surface area contributed by atoms with E-state index in [0.29, 0.717) is 12.8 Å². The Balaban J connectivity index is 1.33. The van der Waals surface area contributed by atoms with Gasteiger partial charge in [0, 0.05) is 25.5 Å². The second-order valence-electron chi connectivity index (χ2n) is 8.44. The maximum Gasteiger partial charge on any atom is 0.254 e. The molecule has 3 aromatic rings. The number of amides is 2. The molecule has 4 rings (SSSR count). The summed E-state index contributed by atoms with van der Waals surface area (Å²) in [6, 6.07) is 16.7. The zero-order chi connectivity index (χ0) is 23.5. The van der Waals surface area contributed by atoms with Crippen molar-refractivity contribution in [2.45, 2.75) is 44.1 Å². The van der Waals surface area contributed by atoms with E-state index in [1.54, 1.807) is 24.9 Å². The van der Waals surface area contributed by atoms with E-state index >= 15 is 0 Å². The monoisotopic (exact) mass is 448 g/mol. The van der Waals surface area contributed by atoms with E-state index in [0.717, 1.165) is 11.3 Å². The summed E-state index contributed by atoms with van der Waals surface area (Å²) >= 11 is 0. The fraction of sp³-hybridized carbons (Fsp3) is 0.320. The number of nitrogens with one attached hydrogen (secondary N) is 1. The van der Waals surface area contributed by atoms with Gasteiger partial charge in [0.15, 0.2) is 12.2 Å². The average Bonchev–Trinajstić information content (AvgIpc) is 3.52. The second-order valence-corrected chi connectivity index (χ2v) is 8.44. The third-order valence-electron chi connectivity index (χ3n) is 6.27. The number of carbonyl (C=O) groups is 2. The number of aliphatic hydroxyl groups excluding tert-OH is 2. The number of carbonyl (C=O) groups excluding carboxylic acids is 2. The van der Waals surface area contributed by atoms with Crippen LogP contribution in [0.25, 0.3) is 5.69 Å². The lowest BCUT2D eigenvalue weighted by Crippen LogP contribution is -2.52. The predicted octanol–water partition coefficient (Wildman–Crippen LogP) is 1.40. The summed E-state index contributed by atoms with van der Waals surface area (Å²) in [5.74, 6) is -1.48. The van der Waals surface area contributed by atoms with Crippen LogP contribution in [0.2, 0.25) is 0 Å². The fourth-order valence-corrected chi connectivity index (χ4v) is 4.20. The molecule has 1 aromatic heterocycles. The van der Waals surface area contributed by atoms with Gasteiger partial charge in [-0.3, -0.25) is 9.59 Å². The van der Waals surface area contributed by atoms with Crippen LogP contribution < -0.4 is 5.32 Å². The zero-order valence-electron chi connectivity index (χ0n) is 18.6. The van der Waals surface area contributed by atoms with Gasteiger partial charge in [0.05, 0.1) is 11.7 Å². The Morgan fingerprint density at radius 2 is 1.67 bits per heavy atom. The lowest BCUT2D eigenvalue weighted by molar-refractivity contribution is -0.153. The van der Waals surface area contributed by atoms with Crippen LogP contribution in [0.5, 0.6) is 0 Å². The first-order valence-electron chi connectivity index (χ1n) is 10.9. The normalized spacial score (nSPS) is 16.0. The molecule has 8 heteroatoms. The Bertz CT molecular complexity index is 1090. The molecule has 0 spiro atoms. The summed E-state index contributed by atoms with van der Waals surface area (Å²) in [5, 5.41) is 27.6. The first kappa shape index (κ1) is 22.7. The Kier molecular flexibility index (Phi) is 6.57. The molecule has 1 aliphatic rings. The summed E-state index contributed by atoms with van der Waals surface area (Å²) in [6.45, 7) is 1.77. The van der Waals surface area contributed by atoms with Crippen LogP contribution in [-0.2, 0) is 22.4 Å². The van der Waals surface area contributed by atoms with Crippen LogP contribution in [0.3, 0.4) is 0 Å². The summed E-state index contributed by atoms with van der Waals surface area (Å²) < 4.78 is 1.72. The van der Waals surface area contributed by atoms with Crippen molar-refractivity contribution >= 4 is 11.8 Å². The highest BCUT2D eigenvalue weighted by molar-refractivity contribution is 5.91. The molecular weight excluding hydrogens is 420 g/mol. The van der Waals surface area contributed by atoms with E-state index in [2.05, 4.69) is 10.4 Å². The van der Waals surface area contributed by atoms with Gasteiger partial charge in [-0.05, 0) is 54.7 Å². The standard InChI is InChI=1S/C25H28N4O4/c1-16(17-8-10-20(11-9-17)29-13-5-12-26-29)27-24(32)22(30)23(31)25(33)28(2)21-14-18-6-3-4-7-19(18)15-21/h3-13,16,21-23,30-31H,14-15H2,1-2H3,(H,27,32)/t16-,22-,23?/m1/s1. The fourth-order valence-electron chi connectivity index (χ4n) is 4.20. The average molecular weight is 449 g/mol. The van der Waals surface area contributed by atoms with Crippen molar-refractivity contribution in [1.29, 1.82) is 0 Å². The molecule has 1 aliphatic carbocycles. The van der Waals surface area contributed by atoms with Gasteiger partial charge in [0.1, 0.15) is 0 Å². The predicted molar refractivity (Wildman–Crippen MR) is 123 cm³/mol. The van der Waals surface area contributed by atoms with Crippen molar-refractivity contribution in [3.8, 4) is 5.69 Å². The maximum absolute atomic E-state index is 12.8. The first-order chi connectivity index (χ1) is 15.8. The van der Waals surface area contributed by atoms with Gasteiger partial charge in [0.25, 0.3) is 11.8 Å². The van der Waals surface area contributed by atoms with Crippen molar-refractivity contribution in [1.82, 2.24) is 20.0 Å². The van der Waals surface area contributed by atoms with Crippen LogP contribution in [-0.4, -0.2) is 62.0 Å². The minimum Gasteiger partial charge on any atom is -0.380 e. The van der Waals surface area contributed by atoms with Gasteiger partial charge < -0.3 is 20.4 Å². The molecule has 0 saturated heterocycles. The van der Waals surface area contributed by atoms with Gasteiger partial charge in [0.2, 0.25) is 0 Å². The highest BCUT2D eigenvalue weighted by atomic mass is 16.3. The molecule has 2 aromatic carbocycles. The van der Waals surface area contributed by atoms with Crippen molar-refractivity contribution in [3.63, 3.8) is 0 Å². The van der Waals surface area contributed by atoms with E-state index in [-0.39, 0.29) is 6.04 Å². The van der Waals surface area contributed by atoms with Gasteiger partial charge in [-0.1, -0.05) is 36.4 Å². The number of rotatable bonds is 7. The lowest BCUT2D eigenvalue weighted by atomic mass is 10.1. The van der Waals surface area contributed by atoms with E-state index in [4.69, 9.17) is 0 Å². The van der Waals surface area contributed by atoms with Crippen molar-refractivity contribution in [2.75, 3.05) is 7.05 Å². The molecule has 172 valence electrons. The van der Waals surface area contributed by atoms with Crippen LogP contribution in [0, 0.1) is 0 Å². The summed E-state index contributed by atoms with van der Waals surface area (Å²) in [6.07, 6.45) is 1.17. The number of aromatic nitrogens is 2. The number of hydrogen-bond donors (Lipinski definition) is 3. The molecule has 0 radical (unpaired) electrons. The molecule has 0 aliphatic heterocycles. The Hall–Kier alpha value is -3.49. The largest absolute Gasteiger partial charge is 0.380 e. The second kappa shape index (κ2) is 9.56. The Labute approximate surface area is 192 Å². The quantitative estimate of drug-likeness (QED) is 0.506. The Morgan fingerprint density at radius 1 is 1.03 bits per heavy atom. The summed E-state index contributed by atoms with van der Waals surface area (Å²) in [4.78, 5) is 26.7. The van der Waals surface area contributed by atoms with E-state index < -0.39 is 30.1 Å². The van der Waals surface area contributed by atoms with E-state index in [1.807, 2.05) is 60.8 Å². The van der Waals surface area contributed by atoms with E-state index in [1.165, 1.54) is 16.0 Å². The highest BCUT2D eigenvalue weighted by Gasteiger charge is 2.36. The molecule has 3 N–H and O–H groups in total. The van der Waals surface area contributed by atoms with Gasteiger partial charge in [-0.15, -0.1) is 0 Å². The molecule has 1 heterocycles. The van der Waals surface area contributed by atoms with E-state index in [9.17, 15) is 19.8 Å². The third kappa shape index (κ3) is 4.81. The SMILES string of the molecule is C[C@@H](NC(=O)[C@H](O)C(O)C(=O)N(C)C1Cc2ccccc2C1)c1ccc(-n2cccn2)cc1. The highest BCUT2D eigenvalue weighted by Crippen LogP contribution is 2.25. The van der Waals surface area contributed by atoms with Crippen LogP contribution in [0.15, 0.2) is 67.0 Å². The number of fused-ring (bicyclic) bond motifs is 1. The number of nitrogens with zero attached hydrogens (tertiary/aromatic N) is 3. The van der Waals surface area contributed by atoms with Crippen molar-refractivity contribution in [3.05, 3.63) is 83.7 Å². The molecule has 0 fully saturated rings. The van der Waals surface area contributed by atoms with Crippen molar-refractivity contribution < 1.29 is 19.8 Å². The summed E-state index contributed by atoms with van der Waals surface area (Å²) in [5.41, 5.74) is 4.03. The van der Waals surface area contributed by atoms with Gasteiger partial charge >= 0.3 is 0 Å². The molecule has 1 unspecified atom stereocenters. The van der Waals surface area contributed by atoms with Crippen LogP contribution in [0.1, 0.15) is 29.7 Å². The minimum absolute atomic E-state index is 0.118. The van der Waals surface area contributed by atoms with Gasteiger partial charge in [-0.2, -0.15) is 5.10 Å². The van der Waals surface area contributed by atoms with Gasteiger partial charge in [-0.25, -0.2) is 4.68 Å². The smallest absolute Gasteiger partial charge is 0.254 e. The molecule has 8 nitrogen and oxygen atoms in total. The minimum atomic E-state index is -1.87. The molecule has 3 atom stereocenters.